The van der Waals surface area contributed by atoms with E-state index in [2.05, 4.69) is 15.5 Å². The molecule has 0 amide bonds. The number of para-hydroxylation sites is 1. The average Bonchev–Trinajstić information content (AvgIpc) is 2.76. The SMILES string of the molecule is Cn1nc2c(n1)C1(COC1)Nc1c-2cccc1[N+](=O)[O-]. The molecular weight excluding hydrogens is 262 g/mol. The maximum atomic E-state index is 11.2. The highest BCUT2D eigenvalue weighted by Crippen LogP contribution is 2.48. The number of anilines is 1. The molecule has 1 fully saturated rings. The number of aryl methyl sites for hydroxylation is 1. The van der Waals surface area contributed by atoms with E-state index in [0.29, 0.717) is 30.2 Å². The van der Waals surface area contributed by atoms with Crippen molar-refractivity contribution in [1.29, 1.82) is 0 Å². The fourth-order valence-electron chi connectivity index (χ4n) is 2.74. The maximum Gasteiger partial charge on any atom is 0.293 e. The summed E-state index contributed by atoms with van der Waals surface area (Å²) in [5.74, 6) is 0. The Kier molecular flexibility index (Phi) is 2.01. The van der Waals surface area contributed by atoms with Gasteiger partial charge in [0, 0.05) is 18.7 Å². The number of nitrogens with zero attached hydrogens (tertiary/aromatic N) is 4. The van der Waals surface area contributed by atoms with Gasteiger partial charge in [-0.15, -0.1) is 0 Å². The number of nitro benzene ring substituents is 1. The van der Waals surface area contributed by atoms with Crippen molar-refractivity contribution in [3.8, 4) is 11.3 Å². The van der Waals surface area contributed by atoms with Crippen LogP contribution in [0.3, 0.4) is 0 Å². The molecular formula is C12H11N5O3. The minimum absolute atomic E-state index is 0.0464. The summed E-state index contributed by atoms with van der Waals surface area (Å²) < 4.78 is 5.29. The number of rotatable bonds is 1. The highest BCUT2D eigenvalue weighted by Gasteiger charge is 2.49. The Morgan fingerprint density at radius 3 is 2.90 bits per heavy atom. The van der Waals surface area contributed by atoms with Crippen LogP contribution in [0.25, 0.3) is 11.3 Å². The van der Waals surface area contributed by atoms with E-state index in [1.54, 1.807) is 13.1 Å². The summed E-state index contributed by atoms with van der Waals surface area (Å²) >= 11 is 0. The minimum Gasteiger partial charge on any atom is -0.376 e. The lowest BCUT2D eigenvalue weighted by atomic mass is 9.85. The number of hydrogen-bond donors (Lipinski definition) is 1. The summed E-state index contributed by atoms with van der Waals surface area (Å²) in [6.45, 7) is 0.869. The van der Waals surface area contributed by atoms with Gasteiger partial charge in [-0.25, -0.2) is 0 Å². The Labute approximate surface area is 113 Å². The highest BCUT2D eigenvalue weighted by atomic mass is 16.6. The molecule has 1 aromatic carbocycles. The van der Waals surface area contributed by atoms with Crippen molar-refractivity contribution in [2.45, 2.75) is 5.54 Å². The molecule has 0 unspecified atom stereocenters. The molecule has 1 N–H and O–H groups in total. The fourth-order valence-corrected chi connectivity index (χ4v) is 2.74. The molecule has 3 heterocycles. The van der Waals surface area contributed by atoms with Crippen LogP contribution in [0.2, 0.25) is 0 Å². The Hall–Kier alpha value is -2.48. The second kappa shape index (κ2) is 3.54. The van der Waals surface area contributed by atoms with Gasteiger partial charge < -0.3 is 10.1 Å². The molecule has 8 heteroatoms. The molecule has 0 atom stereocenters. The van der Waals surface area contributed by atoms with Gasteiger partial charge >= 0.3 is 0 Å². The van der Waals surface area contributed by atoms with E-state index in [-0.39, 0.29) is 10.6 Å². The van der Waals surface area contributed by atoms with Gasteiger partial charge in [0.25, 0.3) is 5.69 Å². The van der Waals surface area contributed by atoms with Gasteiger partial charge in [0.05, 0.1) is 18.1 Å². The first-order valence-electron chi connectivity index (χ1n) is 6.16. The third kappa shape index (κ3) is 1.28. The van der Waals surface area contributed by atoms with Crippen molar-refractivity contribution in [2.24, 2.45) is 7.05 Å². The number of nitrogens with one attached hydrogen (secondary N) is 1. The first-order chi connectivity index (χ1) is 9.61. The largest absolute Gasteiger partial charge is 0.376 e. The summed E-state index contributed by atoms with van der Waals surface area (Å²) in [5.41, 5.74) is 2.23. The molecule has 2 aromatic rings. The van der Waals surface area contributed by atoms with Gasteiger partial charge in [-0.2, -0.15) is 15.0 Å². The molecule has 1 spiro atoms. The van der Waals surface area contributed by atoms with E-state index >= 15 is 0 Å². The lowest BCUT2D eigenvalue weighted by molar-refractivity contribution is -0.384. The Balaban J connectivity index is 2.01. The summed E-state index contributed by atoms with van der Waals surface area (Å²) in [4.78, 5) is 12.3. The van der Waals surface area contributed by atoms with Crippen LogP contribution in [-0.4, -0.2) is 33.1 Å². The molecule has 1 saturated heterocycles. The van der Waals surface area contributed by atoms with E-state index < -0.39 is 5.54 Å². The van der Waals surface area contributed by atoms with Crippen molar-refractivity contribution in [3.05, 3.63) is 34.0 Å². The van der Waals surface area contributed by atoms with E-state index in [4.69, 9.17) is 4.74 Å². The Bertz CT molecular complexity index is 735. The molecule has 0 radical (unpaired) electrons. The van der Waals surface area contributed by atoms with Crippen LogP contribution in [0.15, 0.2) is 18.2 Å². The van der Waals surface area contributed by atoms with E-state index in [1.807, 2.05) is 6.07 Å². The molecule has 8 nitrogen and oxygen atoms in total. The lowest BCUT2D eigenvalue weighted by Crippen LogP contribution is -2.54. The smallest absolute Gasteiger partial charge is 0.293 e. The predicted octanol–water partition coefficient (Wildman–Crippen LogP) is 1.04. The van der Waals surface area contributed by atoms with Crippen LogP contribution in [0.5, 0.6) is 0 Å². The molecule has 20 heavy (non-hydrogen) atoms. The molecule has 0 bridgehead atoms. The van der Waals surface area contributed by atoms with E-state index in [1.165, 1.54) is 10.9 Å². The minimum atomic E-state index is -0.497. The Morgan fingerprint density at radius 2 is 2.25 bits per heavy atom. The number of hydrogen-bond acceptors (Lipinski definition) is 6. The van der Waals surface area contributed by atoms with Crippen LogP contribution in [0.1, 0.15) is 5.69 Å². The molecule has 0 aliphatic carbocycles. The first kappa shape index (κ1) is 11.4. The third-order valence-corrected chi connectivity index (χ3v) is 3.72. The van der Waals surface area contributed by atoms with Crippen LogP contribution in [0.4, 0.5) is 11.4 Å². The van der Waals surface area contributed by atoms with Crippen molar-refractivity contribution in [1.82, 2.24) is 15.0 Å². The maximum absolute atomic E-state index is 11.2. The van der Waals surface area contributed by atoms with Crippen LogP contribution in [-0.2, 0) is 17.3 Å². The number of fused-ring (bicyclic) bond motifs is 4. The Morgan fingerprint density at radius 1 is 1.45 bits per heavy atom. The zero-order chi connectivity index (χ0) is 13.9. The van der Waals surface area contributed by atoms with Crippen molar-refractivity contribution >= 4 is 11.4 Å². The van der Waals surface area contributed by atoms with E-state index in [0.717, 1.165) is 5.69 Å². The normalized spacial score (nSPS) is 17.9. The first-order valence-corrected chi connectivity index (χ1v) is 6.16. The second-order valence-electron chi connectivity index (χ2n) is 5.04. The number of benzene rings is 1. The van der Waals surface area contributed by atoms with Crippen LogP contribution < -0.4 is 5.32 Å². The fraction of sp³-hybridized carbons (Fsp3) is 0.333. The van der Waals surface area contributed by atoms with Gasteiger partial charge in [0.15, 0.2) is 0 Å². The van der Waals surface area contributed by atoms with Gasteiger partial charge in [-0.1, -0.05) is 12.1 Å². The van der Waals surface area contributed by atoms with Crippen molar-refractivity contribution in [2.75, 3.05) is 18.5 Å². The van der Waals surface area contributed by atoms with Gasteiger partial charge in [0.2, 0.25) is 0 Å². The lowest BCUT2D eigenvalue weighted by Gasteiger charge is -2.43. The molecule has 2 aliphatic rings. The molecule has 102 valence electrons. The quantitative estimate of drug-likeness (QED) is 0.616. The van der Waals surface area contributed by atoms with Gasteiger partial charge in [0.1, 0.15) is 22.6 Å². The van der Waals surface area contributed by atoms with Crippen molar-refractivity contribution < 1.29 is 9.66 Å². The summed E-state index contributed by atoms with van der Waals surface area (Å²) in [6, 6.07) is 4.96. The zero-order valence-corrected chi connectivity index (χ0v) is 10.7. The highest BCUT2D eigenvalue weighted by molar-refractivity contribution is 5.87. The molecule has 1 aromatic heterocycles. The topological polar surface area (TPSA) is 95.1 Å². The van der Waals surface area contributed by atoms with Crippen molar-refractivity contribution in [3.63, 3.8) is 0 Å². The number of ether oxygens (including phenoxy) is 1. The monoisotopic (exact) mass is 273 g/mol. The third-order valence-electron chi connectivity index (χ3n) is 3.72. The van der Waals surface area contributed by atoms with E-state index in [9.17, 15) is 10.1 Å². The zero-order valence-electron chi connectivity index (χ0n) is 10.7. The second-order valence-corrected chi connectivity index (χ2v) is 5.04. The molecule has 4 rings (SSSR count). The average molecular weight is 273 g/mol. The van der Waals surface area contributed by atoms with Gasteiger partial charge in [-0.05, 0) is 0 Å². The standard InChI is InChI=1S/C12H11N5O3/c1-16-14-10-7-3-2-4-8(17(18)19)9(7)13-12(5-20-6-12)11(10)15-16/h2-4,13H,5-6H2,1H3. The molecule has 2 aliphatic heterocycles. The predicted molar refractivity (Wildman–Crippen MR) is 69.2 cm³/mol. The summed E-state index contributed by atoms with van der Waals surface area (Å²) in [7, 11) is 1.74. The summed E-state index contributed by atoms with van der Waals surface area (Å²) in [6.07, 6.45) is 0. The van der Waals surface area contributed by atoms with Gasteiger partial charge in [-0.3, -0.25) is 10.1 Å². The summed E-state index contributed by atoms with van der Waals surface area (Å²) in [5, 5.41) is 23.2. The number of aromatic nitrogens is 3. The van der Waals surface area contributed by atoms with Crippen LogP contribution >= 0.6 is 0 Å². The number of nitro groups is 1. The van der Waals surface area contributed by atoms with Crippen LogP contribution in [0, 0.1) is 10.1 Å². The molecule has 0 saturated carbocycles.